The van der Waals surface area contributed by atoms with Gasteiger partial charge in [-0.2, -0.15) is 0 Å². The average Bonchev–Trinajstić information content (AvgIpc) is 3.31. The molecule has 4 heteroatoms. The molecule has 0 bridgehead atoms. The van der Waals surface area contributed by atoms with Crippen molar-refractivity contribution in [2.75, 3.05) is 0 Å². The van der Waals surface area contributed by atoms with E-state index in [1.165, 1.54) is 32.7 Å². The van der Waals surface area contributed by atoms with Crippen LogP contribution in [-0.2, 0) is 0 Å². The number of fused-ring (bicyclic) bond motifs is 5. The number of aromatic nitrogens is 4. The van der Waals surface area contributed by atoms with E-state index in [9.17, 15) is 0 Å². The quantitative estimate of drug-likeness (QED) is 0.360. The number of hydrogen-bond acceptors (Lipinski definition) is 2. The van der Waals surface area contributed by atoms with Crippen molar-refractivity contribution in [3.63, 3.8) is 0 Å². The lowest BCUT2D eigenvalue weighted by atomic mass is 10.1. The Kier molecular flexibility index (Phi) is 2.46. The highest BCUT2D eigenvalue weighted by molar-refractivity contribution is 6.26. The molecule has 28 heavy (non-hydrogen) atoms. The van der Waals surface area contributed by atoms with Crippen molar-refractivity contribution in [1.29, 1.82) is 0 Å². The van der Waals surface area contributed by atoms with Crippen LogP contribution in [0.4, 0.5) is 0 Å². The minimum absolute atomic E-state index is 1.04. The van der Waals surface area contributed by atoms with Gasteiger partial charge < -0.3 is 8.97 Å². The molecule has 7 aromatic rings. The van der Waals surface area contributed by atoms with Crippen LogP contribution in [0.25, 0.3) is 54.9 Å². The summed E-state index contributed by atoms with van der Waals surface area (Å²) in [7, 11) is 0. The fraction of sp³-hybridized carbons (Fsp3) is 0. The molecule has 0 fully saturated rings. The molecule has 2 aromatic carbocycles. The van der Waals surface area contributed by atoms with Gasteiger partial charge in [0.05, 0.1) is 45.0 Å². The third-order valence-electron chi connectivity index (χ3n) is 5.78. The summed E-state index contributed by atoms with van der Waals surface area (Å²) in [6.45, 7) is 0. The lowest BCUT2D eigenvalue weighted by Gasteiger charge is -2.07. The summed E-state index contributed by atoms with van der Waals surface area (Å²) in [5, 5.41) is 3.70. The number of benzene rings is 2. The summed E-state index contributed by atoms with van der Waals surface area (Å²) in [4.78, 5) is 9.16. The third kappa shape index (κ3) is 1.57. The first-order chi connectivity index (χ1) is 13.9. The molecular formula is C24H14N4. The van der Waals surface area contributed by atoms with Crippen LogP contribution in [0, 0.1) is 0 Å². The summed E-state index contributed by atoms with van der Waals surface area (Å²) in [5.41, 5.74) is 8.02. The zero-order chi connectivity index (χ0) is 18.2. The molecule has 5 aromatic heterocycles. The SMILES string of the molecule is c1cncc(-n2c3ccnc4c3c3c2cccc3n2c3ccccc3cc42)c1. The predicted molar refractivity (Wildman–Crippen MR) is 114 cm³/mol. The molecule has 0 aliphatic carbocycles. The Morgan fingerprint density at radius 1 is 0.643 bits per heavy atom. The normalized spacial score (nSPS) is 12.3. The molecule has 0 N–H and O–H groups in total. The van der Waals surface area contributed by atoms with Gasteiger partial charge in [0.25, 0.3) is 0 Å². The molecule has 130 valence electrons. The van der Waals surface area contributed by atoms with Gasteiger partial charge in [-0.05, 0) is 42.5 Å². The Balaban J connectivity index is 1.85. The molecule has 0 amide bonds. The first-order valence-electron chi connectivity index (χ1n) is 9.35. The van der Waals surface area contributed by atoms with Gasteiger partial charge in [-0.3, -0.25) is 9.97 Å². The number of nitrogens with zero attached hydrogens (tertiary/aromatic N) is 4. The fourth-order valence-electron chi connectivity index (χ4n) is 4.72. The Hall–Kier alpha value is -3.92. The second-order valence-corrected chi connectivity index (χ2v) is 7.20. The van der Waals surface area contributed by atoms with Gasteiger partial charge in [-0.15, -0.1) is 0 Å². The molecule has 4 nitrogen and oxygen atoms in total. The maximum atomic E-state index is 4.81. The summed E-state index contributed by atoms with van der Waals surface area (Å²) in [6.07, 6.45) is 5.64. The van der Waals surface area contributed by atoms with Gasteiger partial charge in [-0.25, -0.2) is 0 Å². The third-order valence-corrected chi connectivity index (χ3v) is 5.78. The fourth-order valence-corrected chi connectivity index (χ4v) is 4.72. The maximum absolute atomic E-state index is 4.81. The van der Waals surface area contributed by atoms with E-state index in [1.807, 2.05) is 24.7 Å². The topological polar surface area (TPSA) is 35.1 Å². The van der Waals surface area contributed by atoms with Crippen molar-refractivity contribution < 1.29 is 0 Å². The molecular weight excluding hydrogens is 344 g/mol. The van der Waals surface area contributed by atoms with E-state index in [1.54, 1.807) is 0 Å². The van der Waals surface area contributed by atoms with Crippen molar-refractivity contribution in [1.82, 2.24) is 18.9 Å². The van der Waals surface area contributed by atoms with Crippen molar-refractivity contribution >= 4 is 49.3 Å². The Bertz CT molecular complexity index is 1650. The van der Waals surface area contributed by atoms with Crippen molar-refractivity contribution in [3.05, 3.63) is 85.3 Å². The van der Waals surface area contributed by atoms with Gasteiger partial charge >= 0.3 is 0 Å². The highest BCUT2D eigenvalue weighted by Gasteiger charge is 2.21. The number of para-hydroxylation sites is 1. The monoisotopic (exact) mass is 358 g/mol. The highest BCUT2D eigenvalue weighted by Crippen LogP contribution is 2.41. The molecule has 7 rings (SSSR count). The molecule has 0 spiro atoms. The van der Waals surface area contributed by atoms with E-state index in [0.29, 0.717) is 0 Å². The summed E-state index contributed by atoms with van der Waals surface area (Å²) < 4.78 is 4.64. The largest absolute Gasteiger partial charge is 0.307 e. The molecule has 0 aliphatic rings. The zero-order valence-corrected chi connectivity index (χ0v) is 14.9. The van der Waals surface area contributed by atoms with E-state index in [-0.39, 0.29) is 0 Å². The van der Waals surface area contributed by atoms with Crippen molar-refractivity contribution in [2.24, 2.45) is 0 Å². The van der Waals surface area contributed by atoms with Crippen LogP contribution in [0.5, 0.6) is 0 Å². The summed E-state index contributed by atoms with van der Waals surface area (Å²) >= 11 is 0. The van der Waals surface area contributed by atoms with E-state index >= 15 is 0 Å². The number of hydrogen-bond donors (Lipinski definition) is 0. The lowest BCUT2D eigenvalue weighted by Crippen LogP contribution is -1.93. The van der Waals surface area contributed by atoms with Crippen LogP contribution in [0.15, 0.2) is 85.3 Å². The summed E-state index contributed by atoms with van der Waals surface area (Å²) in [6, 6.07) is 23.5. The van der Waals surface area contributed by atoms with Crippen LogP contribution in [0.1, 0.15) is 0 Å². The first-order valence-corrected chi connectivity index (χ1v) is 9.35. The number of pyridine rings is 3. The Labute approximate surface area is 159 Å². The Morgan fingerprint density at radius 3 is 2.43 bits per heavy atom. The molecule has 0 unspecified atom stereocenters. The van der Waals surface area contributed by atoms with E-state index in [0.717, 1.165) is 22.2 Å². The average molecular weight is 358 g/mol. The van der Waals surface area contributed by atoms with E-state index < -0.39 is 0 Å². The van der Waals surface area contributed by atoms with Crippen molar-refractivity contribution in [3.8, 4) is 5.69 Å². The van der Waals surface area contributed by atoms with Gasteiger partial charge in [0.15, 0.2) is 0 Å². The molecule has 5 heterocycles. The lowest BCUT2D eigenvalue weighted by molar-refractivity contribution is 1.14. The molecule has 0 aliphatic heterocycles. The number of rotatable bonds is 1. The smallest absolute Gasteiger partial charge is 0.0971 e. The van der Waals surface area contributed by atoms with Gasteiger partial charge in [-0.1, -0.05) is 24.3 Å². The van der Waals surface area contributed by atoms with E-state index in [4.69, 9.17) is 4.98 Å². The van der Waals surface area contributed by atoms with Gasteiger partial charge in [0.2, 0.25) is 0 Å². The zero-order valence-electron chi connectivity index (χ0n) is 14.9. The van der Waals surface area contributed by atoms with Crippen LogP contribution >= 0.6 is 0 Å². The van der Waals surface area contributed by atoms with Crippen LogP contribution in [-0.4, -0.2) is 18.9 Å². The molecule has 0 atom stereocenters. The van der Waals surface area contributed by atoms with E-state index in [2.05, 4.69) is 74.6 Å². The second-order valence-electron chi connectivity index (χ2n) is 7.20. The summed E-state index contributed by atoms with van der Waals surface area (Å²) in [5.74, 6) is 0. The Morgan fingerprint density at radius 2 is 1.50 bits per heavy atom. The van der Waals surface area contributed by atoms with Crippen LogP contribution in [0.3, 0.4) is 0 Å². The van der Waals surface area contributed by atoms with Crippen LogP contribution in [0.2, 0.25) is 0 Å². The van der Waals surface area contributed by atoms with Crippen LogP contribution < -0.4 is 0 Å². The first kappa shape index (κ1) is 14.2. The standard InChI is InChI=1S/C24H14N4/c1-2-7-17-15(5-1)13-21-24-23-20(10-12-26-24)27(16-6-4-11-25-14-16)18-8-3-9-19(22(18)23)28(17)21/h1-14H. The van der Waals surface area contributed by atoms with Gasteiger partial charge in [0, 0.05) is 28.6 Å². The second kappa shape index (κ2) is 4.87. The highest BCUT2D eigenvalue weighted by atomic mass is 15.0. The maximum Gasteiger partial charge on any atom is 0.0971 e. The van der Waals surface area contributed by atoms with Crippen molar-refractivity contribution in [2.45, 2.75) is 0 Å². The molecule has 0 saturated carbocycles. The van der Waals surface area contributed by atoms with Gasteiger partial charge in [0.1, 0.15) is 0 Å². The minimum atomic E-state index is 1.04. The molecule has 0 saturated heterocycles. The minimum Gasteiger partial charge on any atom is -0.307 e. The molecule has 0 radical (unpaired) electrons. The predicted octanol–water partition coefficient (Wildman–Crippen LogP) is 5.57.